The van der Waals surface area contributed by atoms with Gasteiger partial charge in [0.1, 0.15) is 11.6 Å². The van der Waals surface area contributed by atoms with Crippen molar-refractivity contribution in [3.8, 4) is 0 Å². The number of benzene rings is 1. The third-order valence-corrected chi connectivity index (χ3v) is 2.55. The fourth-order valence-corrected chi connectivity index (χ4v) is 1.80. The van der Waals surface area contributed by atoms with Gasteiger partial charge in [-0.25, -0.2) is 8.78 Å². The minimum Gasteiger partial charge on any atom is -0.335 e. The molecule has 1 heterocycles. The first-order valence-corrected chi connectivity index (χ1v) is 4.92. The van der Waals surface area contributed by atoms with E-state index < -0.39 is 23.1 Å². The van der Waals surface area contributed by atoms with E-state index in [1.54, 1.807) is 6.92 Å². The number of amides is 1. The average molecular weight is 226 g/mol. The number of hydrogen-bond donors (Lipinski definition) is 1. The lowest BCUT2D eigenvalue weighted by Gasteiger charge is -2.45. The summed E-state index contributed by atoms with van der Waals surface area (Å²) in [5.41, 5.74) is 5.08. The molecule has 1 saturated heterocycles. The van der Waals surface area contributed by atoms with Crippen LogP contribution in [0, 0.1) is 11.6 Å². The van der Waals surface area contributed by atoms with Gasteiger partial charge >= 0.3 is 0 Å². The maximum absolute atomic E-state index is 13.3. The Morgan fingerprint density at radius 1 is 1.44 bits per heavy atom. The molecule has 0 bridgehead atoms. The monoisotopic (exact) mass is 226 g/mol. The maximum atomic E-state index is 13.3. The number of nitrogens with two attached hydrogens (primary N) is 1. The van der Waals surface area contributed by atoms with E-state index in [1.165, 1.54) is 4.90 Å². The molecule has 0 atom stereocenters. The predicted octanol–water partition coefficient (Wildman–Crippen LogP) is 1.14. The Kier molecular flexibility index (Phi) is 2.42. The number of carbonyl (C=O) groups is 1. The highest BCUT2D eigenvalue weighted by atomic mass is 19.1. The van der Waals surface area contributed by atoms with Gasteiger partial charge in [-0.2, -0.15) is 0 Å². The second kappa shape index (κ2) is 3.52. The summed E-state index contributed by atoms with van der Waals surface area (Å²) in [5.74, 6) is -1.85. The minimum absolute atomic E-state index is 0.240. The smallest absolute Gasteiger partial charge is 0.257 e. The summed E-state index contributed by atoms with van der Waals surface area (Å²) >= 11 is 0. The van der Waals surface area contributed by atoms with Crippen LogP contribution in [0.1, 0.15) is 17.3 Å². The first kappa shape index (κ1) is 11.0. The number of hydrogen-bond acceptors (Lipinski definition) is 2. The maximum Gasteiger partial charge on any atom is 0.257 e. The molecular formula is C11H12F2N2O. The van der Waals surface area contributed by atoms with E-state index in [2.05, 4.69) is 0 Å². The lowest BCUT2D eigenvalue weighted by molar-refractivity contribution is 0.0448. The van der Waals surface area contributed by atoms with Gasteiger partial charge in [-0.15, -0.1) is 0 Å². The van der Waals surface area contributed by atoms with Crippen molar-refractivity contribution in [2.45, 2.75) is 12.5 Å². The summed E-state index contributed by atoms with van der Waals surface area (Å²) in [6.45, 7) is 2.53. The van der Waals surface area contributed by atoms with E-state index in [1.807, 2.05) is 0 Å². The van der Waals surface area contributed by atoms with Gasteiger partial charge in [-0.05, 0) is 25.1 Å². The molecule has 1 fully saturated rings. The van der Waals surface area contributed by atoms with Crippen molar-refractivity contribution in [1.82, 2.24) is 4.90 Å². The molecular weight excluding hydrogens is 214 g/mol. The van der Waals surface area contributed by atoms with Crippen molar-refractivity contribution in [1.29, 1.82) is 0 Å². The Balaban J connectivity index is 2.19. The molecule has 3 nitrogen and oxygen atoms in total. The van der Waals surface area contributed by atoms with Crippen LogP contribution in [0.5, 0.6) is 0 Å². The molecule has 1 aliphatic heterocycles. The second-order valence-electron chi connectivity index (χ2n) is 4.44. The van der Waals surface area contributed by atoms with Crippen molar-refractivity contribution >= 4 is 5.91 Å². The Bertz CT molecular complexity index is 438. The molecule has 16 heavy (non-hydrogen) atoms. The highest BCUT2D eigenvalue weighted by Crippen LogP contribution is 2.21. The average Bonchev–Trinajstić information content (AvgIpc) is 2.17. The van der Waals surface area contributed by atoms with Crippen LogP contribution in [0.4, 0.5) is 8.78 Å². The van der Waals surface area contributed by atoms with E-state index in [0.29, 0.717) is 13.1 Å². The molecule has 0 spiro atoms. The number of nitrogens with zero attached hydrogens (tertiary/aromatic N) is 1. The molecule has 2 N–H and O–H groups in total. The molecule has 1 aromatic carbocycles. The van der Waals surface area contributed by atoms with Crippen molar-refractivity contribution in [3.05, 3.63) is 35.4 Å². The van der Waals surface area contributed by atoms with Crippen LogP contribution in [-0.4, -0.2) is 29.4 Å². The lowest BCUT2D eigenvalue weighted by atomic mass is 9.93. The van der Waals surface area contributed by atoms with Gasteiger partial charge in [0.2, 0.25) is 0 Å². The SMILES string of the molecule is CC1(N)CN(C(=O)c2cc(F)ccc2F)C1. The van der Waals surface area contributed by atoms with Crippen LogP contribution < -0.4 is 5.73 Å². The van der Waals surface area contributed by atoms with Crippen LogP contribution in [0.3, 0.4) is 0 Å². The van der Waals surface area contributed by atoms with Gasteiger partial charge in [0.05, 0.1) is 5.56 Å². The fourth-order valence-electron chi connectivity index (χ4n) is 1.80. The van der Waals surface area contributed by atoms with Crippen LogP contribution >= 0.6 is 0 Å². The van der Waals surface area contributed by atoms with Crippen LogP contribution in [0.25, 0.3) is 0 Å². The van der Waals surface area contributed by atoms with Crippen molar-refractivity contribution < 1.29 is 13.6 Å². The molecule has 0 saturated carbocycles. The molecule has 2 rings (SSSR count). The van der Waals surface area contributed by atoms with E-state index in [9.17, 15) is 13.6 Å². The first-order valence-electron chi connectivity index (χ1n) is 4.92. The zero-order valence-corrected chi connectivity index (χ0v) is 8.84. The molecule has 0 radical (unpaired) electrons. The quantitative estimate of drug-likeness (QED) is 0.780. The Labute approximate surface area is 91.8 Å². The van der Waals surface area contributed by atoms with Crippen molar-refractivity contribution in [3.63, 3.8) is 0 Å². The van der Waals surface area contributed by atoms with E-state index >= 15 is 0 Å². The predicted molar refractivity (Wildman–Crippen MR) is 54.9 cm³/mol. The Hall–Kier alpha value is -1.49. The molecule has 86 valence electrons. The zero-order chi connectivity index (χ0) is 11.9. The molecule has 1 aliphatic rings. The molecule has 5 heteroatoms. The zero-order valence-electron chi connectivity index (χ0n) is 8.84. The van der Waals surface area contributed by atoms with E-state index in [-0.39, 0.29) is 5.56 Å². The van der Waals surface area contributed by atoms with Crippen molar-refractivity contribution in [2.24, 2.45) is 5.73 Å². The summed E-state index contributed by atoms with van der Waals surface area (Å²) in [6.07, 6.45) is 0. The van der Waals surface area contributed by atoms with Crippen LogP contribution in [0.2, 0.25) is 0 Å². The number of likely N-dealkylation sites (tertiary alicyclic amines) is 1. The van der Waals surface area contributed by atoms with Crippen LogP contribution in [0.15, 0.2) is 18.2 Å². The summed E-state index contributed by atoms with van der Waals surface area (Å²) in [4.78, 5) is 13.2. The van der Waals surface area contributed by atoms with Gasteiger partial charge in [-0.3, -0.25) is 4.79 Å². The number of carbonyl (C=O) groups excluding carboxylic acids is 1. The summed E-state index contributed by atoms with van der Waals surface area (Å²) in [7, 11) is 0. The van der Waals surface area contributed by atoms with Gasteiger partial charge in [-0.1, -0.05) is 0 Å². The standard InChI is InChI=1S/C11H12F2N2O/c1-11(14)5-15(6-11)10(16)8-4-7(12)2-3-9(8)13/h2-4H,5-6,14H2,1H3. The summed E-state index contributed by atoms with van der Waals surface area (Å²) in [6, 6.07) is 2.84. The molecule has 0 unspecified atom stereocenters. The molecule has 0 aliphatic carbocycles. The van der Waals surface area contributed by atoms with E-state index in [0.717, 1.165) is 18.2 Å². The molecule has 1 amide bonds. The van der Waals surface area contributed by atoms with Gasteiger partial charge < -0.3 is 10.6 Å². The second-order valence-corrected chi connectivity index (χ2v) is 4.44. The molecule has 1 aromatic rings. The van der Waals surface area contributed by atoms with Crippen molar-refractivity contribution in [2.75, 3.05) is 13.1 Å². The third-order valence-electron chi connectivity index (χ3n) is 2.55. The number of rotatable bonds is 1. The van der Waals surface area contributed by atoms with Crippen LogP contribution in [-0.2, 0) is 0 Å². The Morgan fingerprint density at radius 2 is 2.06 bits per heavy atom. The third kappa shape index (κ3) is 1.90. The topological polar surface area (TPSA) is 46.3 Å². The highest BCUT2D eigenvalue weighted by molar-refractivity contribution is 5.95. The summed E-state index contributed by atoms with van der Waals surface area (Å²) < 4.78 is 26.2. The number of halogens is 2. The van der Waals surface area contributed by atoms with E-state index in [4.69, 9.17) is 5.73 Å². The summed E-state index contributed by atoms with van der Waals surface area (Å²) in [5, 5.41) is 0. The Morgan fingerprint density at radius 3 is 2.62 bits per heavy atom. The lowest BCUT2D eigenvalue weighted by Crippen LogP contribution is -2.66. The fraction of sp³-hybridized carbons (Fsp3) is 0.364. The van der Waals surface area contributed by atoms with Gasteiger partial charge in [0.15, 0.2) is 0 Å². The largest absolute Gasteiger partial charge is 0.335 e. The molecule has 0 aromatic heterocycles. The first-order chi connectivity index (χ1) is 7.39. The normalized spacial score (nSPS) is 18.1. The van der Waals surface area contributed by atoms with Gasteiger partial charge in [0, 0.05) is 18.6 Å². The van der Waals surface area contributed by atoms with Gasteiger partial charge in [0.25, 0.3) is 5.91 Å². The highest BCUT2D eigenvalue weighted by Gasteiger charge is 2.38. The minimum atomic E-state index is -0.711.